The van der Waals surface area contributed by atoms with Crippen molar-refractivity contribution in [3.63, 3.8) is 0 Å². The second-order valence-electron chi connectivity index (χ2n) is 5.39. The zero-order chi connectivity index (χ0) is 14.7. The Labute approximate surface area is 121 Å². The molecule has 3 heteroatoms. The van der Waals surface area contributed by atoms with Gasteiger partial charge in [0.05, 0.1) is 0 Å². The van der Waals surface area contributed by atoms with E-state index in [2.05, 4.69) is 44.4 Å². The van der Waals surface area contributed by atoms with Gasteiger partial charge in [-0.3, -0.25) is 4.90 Å². The zero-order valence-corrected chi connectivity index (χ0v) is 14.0. The summed E-state index contributed by atoms with van der Waals surface area (Å²) < 4.78 is 0. The predicted molar refractivity (Wildman–Crippen MR) is 86.6 cm³/mol. The molecule has 0 aliphatic carbocycles. The van der Waals surface area contributed by atoms with Crippen molar-refractivity contribution in [2.45, 2.75) is 59.9 Å². The van der Waals surface area contributed by atoms with Gasteiger partial charge in [-0.2, -0.15) is 0 Å². The van der Waals surface area contributed by atoms with Gasteiger partial charge in [-0.15, -0.1) is 0 Å². The molecule has 3 nitrogen and oxygen atoms in total. The van der Waals surface area contributed by atoms with Crippen molar-refractivity contribution in [1.82, 2.24) is 9.80 Å². The lowest BCUT2D eigenvalue weighted by atomic mass is 9.92. The lowest BCUT2D eigenvalue weighted by Crippen LogP contribution is -2.46. The highest BCUT2D eigenvalue weighted by Crippen LogP contribution is 2.18. The SMILES string of the molecule is CCC(CC)C(CN)N(CC)CCCN(CC)CC. The smallest absolute Gasteiger partial charge is 0.0246 e. The maximum absolute atomic E-state index is 6.03. The lowest BCUT2D eigenvalue weighted by molar-refractivity contribution is 0.138. The molecule has 0 aliphatic rings. The molecule has 1 atom stereocenters. The average Bonchev–Trinajstić information content (AvgIpc) is 2.46. The van der Waals surface area contributed by atoms with Crippen LogP contribution < -0.4 is 5.73 Å². The monoisotopic (exact) mass is 271 g/mol. The molecule has 0 spiro atoms. The highest BCUT2D eigenvalue weighted by Gasteiger charge is 2.22. The summed E-state index contributed by atoms with van der Waals surface area (Å²) >= 11 is 0. The molecule has 0 fully saturated rings. The first kappa shape index (κ1) is 18.9. The number of hydrogen-bond acceptors (Lipinski definition) is 3. The Kier molecular flexibility index (Phi) is 11.6. The highest BCUT2D eigenvalue weighted by atomic mass is 15.2. The number of hydrogen-bond donors (Lipinski definition) is 1. The summed E-state index contributed by atoms with van der Waals surface area (Å²) in [5.74, 6) is 0.749. The first-order valence-corrected chi connectivity index (χ1v) is 8.34. The zero-order valence-electron chi connectivity index (χ0n) is 14.0. The van der Waals surface area contributed by atoms with Gasteiger partial charge in [-0.1, -0.05) is 47.5 Å². The quantitative estimate of drug-likeness (QED) is 0.592. The van der Waals surface area contributed by atoms with Crippen LogP contribution in [0.5, 0.6) is 0 Å². The molecule has 0 aromatic carbocycles. The summed E-state index contributed by atoms with van der Waals surface area (Å²) in [4.78, 5) is 5.10. The van der Waals surface area contributed by atoms with Gasteiger partial charge >= 0.3 is 0 Å². The molecule has 0 radical (unpaired) electrons. The number of nitrogens with zero attached hydrogens (tertiary/aromatic N) is 2. The maximum atomic E-state index is 6.03. The molecule has 0 saturated heterocycles. The minimum atomic E-state index is 0.566. The van der Waals surface area contributed by atoms with Crippen LogP contribution in [0.2, 0.25) is 0 Å². The van der Waals surface area contributed by atoms with Gasteiger partial charge in [0.25, 0.3) is 0 Å². The summed E-state index contributed by atoms with van der Waals surface area (Å²) in [7, 11) is 0. The van der Waals surface area contributed by atoms with E-state index in [1.165, 1.54) is 32.4 Å². The number of rotatable bonds is 12. The van der Waals surface area contributed by atoms with E-state index in [-0.39, 0.29) is 0 Å². The minimum absolute atomic E-state index is 0.566. The molecule has 19 heavy (non-hydrogen) atoms. The van der Waals surface area contributed by atoms with Crippen LogP contribution in [-0.4, -0.2) is 55.1 Å². The van der Waals surface area contributed by atoms with E-state index in [9.17, 15) is 0 Å². The Balaban J connectivity index is 4.29. The average molecular weight is 271 g/mol. The van der Waals surface area contributed by atoms with E-state index in [4.69, 9.17) is 5.73 Å². The second kappa shape index (κ2) is 11.7. The number of nitrogens with two attached hydrogens (primary N) is 1. The molecule has 0 rings (SSSR count). The molecule has 0 aromatic heterocycles. The van der Waals surface area contributed by atoms with Crippen LogP contribution in [0.25, 0.3) is 0 Å². The van der Waals surface area contributed by atoms with Crippen LogP contribution in [0, 0.1) is 5.92 Å². The van der Waals surface area contributed by atoms with Crippen LogP contribution in [0.3, 0.4) is 0 Å². The Morgan fingerprint density at radius 2 is 1.42 bits per heavy atom. The van der Waals surface area contributed by atoms with Crippen LogP contribution in [0.1, 0.15) is 53.9 Å². The summed E-state index contributed by atoms with van der Waals surface area (Å²) in [5.41, 5.74) is 6.03. The van der Waals surface area contributed by atoms with Crippen molar-refractivity contribution in [1.29, 1.82) is 0 Å². The van der Waals surface area contributed by atoms with Crippen molar-refractivity contribution in [2.75, 3.05) is 39.3 Å². The Morgan fingerprint density at radius 1 is 0.842 bits per heavy atom. The van der Waals surface area contributed by atoms with E-state index in [1.54, 1.807) is 0 Å². The standard InChI is InChI=1S/C16H37N3/c1-6-15(7-2)16(14-17)19(10-5)13-11-12-18(8-3)9-4/h15-16H,6-14,17H2,1-5H3. The van der Waals surface area contributed by atoms with Gasteiger partial charge in [0.2, 0.25) is 0 Å². The molecule has 0 amide bonds. The van der Waals surface area contributed by atoms with Crippen molar-refractivity contribution >= 4 is 0 Å². The van der Waals surface area contributed by atoms with Crippen LogP contribution in [-0.2, 0) is 0 Å². The van der Waals surface area contributed by atoms with Crippen molar-refractivity contribution < 1.29 is 0 Å². The summed E-state index contributed by atoms with van der Waals surface area (Å²) in [6.07, 6.45) is 3.74. The molecular weight excluding hydrogens is 234 g/mol. The van der Waals surface area contributed by atoms with Gasteiger partial charge in [-0.05, 0) is 45.1 Å². The summed E-state index contributed by atoms with van der Waals surface area (Å²) in [6.45, 7) is 18.0. The third-order valence-electron chi connectivity index (χ3n) is 4.52. The van der Waals surface area contributed by atoms with E-state index < -0.39 is 0 Å². The molecule has 0 aromatic rings. The fourth-order valence-electron chi connectivity index (χ4n) is 3.07. The minimum Gasteiger partial charge on any atom is -0.329 e. The summed E-state index contributed by atoms with van der Waals surface area (Å²) in [5, 5.41) is 0. The first-order valence-electron chi connectivity index (χ1n) is 8.34. The molecule has 0 heterocycles. The Hall–Kier alpha value is -0.120. The van der Waals surface area contributed by atoms with E-state index in [0.29, 0.717) is 6.04 Å². The molecule has 2 N–H and O–H groups in total. The topological polar surface area (TPSA) is 32.5 Å². The molecule has 1 unspecified atom stereocenters. The summed E-state index contributed by atoms with van der Waals surface area (Å²) in [6, 6.07) is 0.566. The second-order valence-corrected chi connectivity index (χ2v) is 5.39. The van der Waals surface area contributed by atoms with Crippen LogP contribution in [0.4, 0.5) is 0 Å². The Morgan fingerprint density at radius 3 is 1.79 bits per heavy atom. The molecule has 0 aliphatic heterocycles. The fourth-order valence-corrected chi connectivity index (χ4v) is 3.07. The molecule has 0 saturated carbocycles. The van der Waals surface area contributed by atoms with Gasteiger partial charge in [-0.25, -0.2) is 0 Å². The van der Waals surface area contributed by atoms with Gasteiger partial charge < -0.3 is 10.6 Å². The maximum Gasteiger partial charge on any atom is 0.0246 e. The first-order chi connectivity index (χ1) is 9.18. The highest BCUT2D eigenvalue weighted by molar-refractivity contribution is 4.78. The van der Waals surface area contributed by atoms with E-state index >= 15 is 0 Å². The molecule has 0 bridgehead atoms. The number of likely N-dealkylation sites (N-methyl/N-ethyl adjacent to an activating group) is 1. The largest absolute Gasteiger partial charge is 0.329 e. The van der Waals surface area contributed by atoms with Gasteiger partial charge in [0, 0.05) is 12.6 Å². The lowest BCUT2D eigenvalue weighted by Gasteiger charge is -2.35. The van der Waals surface area contributed by atoms with Crippen molar-refractivity contribution in [3.05, 3.63) is 0 Å². The van der Waals surface area contributed by atoms with Gasteiger partial charge in [0.1, 0.15) is 0 Å². The fraction of sp³-hybridized carbons (Fsp3) is 1.00. The van der Waals surface area contributed by atoms with Crippen molar-refractivity contribution in [3.8, 4) is 0 Å². The molecule has 116 valence electrons. The molecular formula is C16H37N3. The van der Waals surface area contributed by atoms with Gasteiger partial charge in [0.15, 0.2) is 0 Å². The normalized spacial score (nSPS) is 13.7. The predicted octanol–water partition coefficient (Wildman–Crippen LogP) is 2.80. The Bertz CT molecular complexity index is 188. The van der Waals surface area contributed by atoms with Crippen LogP contribution >= 0.6 is 0 Å². The third kappa shape index (κ3) is 6.73. The van der Waals surface area contributed by atoms with E-state index in [0.717, 1.165) is 32.1 Å². The third-order valence-corrected chi connectivity index (χ3v) is 4.52. The van der Waals surface area contributed by atoms with E-state index in [1.807, 2.05) is 0 Å². The van der Waals surface area contributed by atoms with Crippen molar-refractivity contribution in [2.24, 2.45) is 11.7 Å². The van der Waals surface area contributed by atoms with Crippen LogP contribution in [0.15, 0.2) is 0 Å².